The van der Waals surface area contributed by atoms with Crippen LogP contribution in [0.25, 0.3) is 0 Å². The van der Waals surface area contributed by atoms with Crippen molar-refractivity contribution in [1.82, 2.24) is 9.78 Å². The summed E-state index contributed by atoms with van der Waals surface area (Å²) in [6.07, 6.45) is 2.65. The van der Waals surface area contributed by atoms with Crippen molar-refractivity contribution >= 4 is 39.1 Å². The summed E-state index contributed by atoms with van der Waals surface area (Å²) < 4.78 is 7.98. The minimum absolute atomic E-state index is 0.179. The average molecular weight is 435 g/mol. The van der Waals surface area contributed by atoms with Crippen molar-refractivity contribution in [3.8, 4) is 5.75 Å². The molecular weight excluding hydrogens is 418 g/mol. The molecule has 0 bridgehead atoms. The van der Waals surface area contributed by atoms with Crippen molar-refractivity contribution in [1.29, 1.82) is 0 Å². The van der Waals surface area contributed by atoms with Crippen LogP contribution in [-0.2, 0) is 13.2 Å². The number of anilines is 1. The lowest BCUT2D eigenvalue weighted by Gasteiger charge is -2.08. The van der Waals surface area contributed by atoms with Crippen molar-refractivity contribution in [3.05, 3.63) is 75.5 Å². The molecule has 0 saturated carbocycles. The maximum Gasteiger partial charge on any atom is 0.276 e. The number of carbonyl (C=O) groups is 1. The van der Waals surface area contributed by atoms with E-state index in [4.69, 9.17) is 16.3 Å². The highest BCUT2D eigenvalue weighted by Gasteiger charge is 2.10. The van der Waals surface area contributed by atoms with E-state index in [1.165, 1.54) is 5.56 Å². The number of nitrogens with zero attached hydrogens (tertiary/aromatic N) is 2. The summed E-state index contributed by atoms with van der Waals surface area (Å²) in [4.78, 5) is 12.3. The molecule has 0 spiro atoms. The Balaban J connectivity index is 1.60. The van der Waals surface area contributed by atoms with Crippen molar-refractivity contribution in [2.75, 3.05) is 5.32 Å². The van der Waals surface area contributed by atoms with Gasteiger partial charge in [0.1, 0.15) is 5.75 Å². The molecule has 1 aromatic heterocycles. The smallest absolute Gasteiger partial charge is 0.276 e. The van der Waals surface area contributed by atoms with E-state index in [1.807, 2.05) is 24.3 Å². The number of halogens is 2. The third-order valence-corrected chi connectivity index (χ3v) is 4.59. The standard InChI is InChI=1S/C19H17BrClN3O2/c1-2-13-3-6-15(7-4-13)22-19(25)17-9-10-24(23-17)12-26-18-8-5-14(21)11-16(18)20/h3-11H,2,12H2,1H3,(H,22,25). The van der Waals surface area contributed by atoms with Gasteiger partial charge in [-0.25, -0.2) is 4.68 Å². The SMILES string of the molecule is CCc1ccc(NC(=O)c2ccn(COc3ccc(Cl)cc3Br)n2)cc1. The second kappa shape index (κ2) is 8.38. The van der Waals surface area contributed by atoms with Crippen LogP contribution in [-0.4, -0.2) is 15.7 Å². The van der Waals surface area contributed by atoms with Gasteiger partial charge in [-0.1, -0.05) is 30.7 Å². The molecule has 0 aliphatic heterocycles. The number of carbonyl (C=O) groups excluding carboxylic acids is 1. The Morgan fingerprint density at radius 1 is 1.23 bits per heavy atom. The van der Waals surface area contributed by atoms with Crippen LogP contribution < -0.4 is 10.1 Å². The predicted octanol–water partition coefficient (Wildman–Crippen LogP) is 5.15. The Morgan fingerprint density at radius 2 is 2.00 bits per heavy atom. The lowest BCUT2D eigenvalue weighted by Crippen LogP contribution is -2.14. The number of aromatic nitrogens is 2. The van der Waals surface area contributed by atoms with E-state index in [2.05, 4.69) is 33.3 Å². The molecule has 1 heterocycles. The molecule has 2 aromatic carbocycles. The van der Waals surface area contributed by atoms with Crippen LogP contribution in [0.4, 0.5) is 5.69 Å². The molecule has 0 aliphatic rings. The first kappa shape index (κ1) is 18.5. The molecule has 0 unspecified atom stereocenters. The zero-order valence-corrected chi connectivity index (χ0v) is 16.4. The fourth-order valence-electron chi connectivity index (χ4n) is 2.30. The van der Waals surface area contributed by atoms with E-state index in [0.717, 1.165) is 16.6 Å². The minimum atomic E-state index is -0.263. The average Bonchev–Trinajstić information content (AvgIpc) is 3.11. The molecule has 3 rings (SSSR count). The monoisotopic (exact) mass is 433 g/mol. The molecule has 1 amide bonds. The van der Waals surface area contributed by atoms with Gasteiger partial charge in [0.25, 0.3) is 5.91 Å². The van der Waals surface area contributed by atoms with Gasteiger partial charge in [-0.3, -0.25) is 4.79 Å². The van der Waals surface area contributed by atoms with Crippen LogP contribution in [0.15, 0.2) is 59.2 Å². The highest BCUT2D eigenvalue weighted by molar-refractivity contribution is 9.10. The van der Waals surface area contributed by atoms with Gasteiger partial charge in [0, 0.05) is 16.9 Å². The van der Waals surface area contributed by atoms with Crippen LogP contribution in [0.1, 0.15) is 23.0 Å². The van der Waals surface area contributed by atoms with Crippen LogP contribution in [0.5, 0.6) is 5.75 Å². The van der Waals surface area contributed by atoms with Crippen LogP contribution in [0, 0.1) is 0 Å². The molecule has 0 radical (unpaired) electrons. The zero-order chi connectivity index (χ0) is 18.5. The first-order valence-electron chi connectivity index (χ1n) is 8.06. The maximum atomic E-state index is 12.3. The number of benzene rings is 2. The van der Waals surface area contributed by atoms with E-state index in [1.54, 1.807) is 35.1 Å². The van der Waals surface area contributed by atoms with E-state index in [-0.39, 0.29) is 12.6 Å². The number of aryl methyl sites for hydroxylation is 1. The number of hydrogen-bond acceptors (Lipinski definition) is 3. The normalized spacial score (nSPS) is 10.6. The molecule has 3 aromatic rings. The summed E-state index contributed by atoms with van der Waals surface area (Å²) in [7, 11) is 0. The quantitative estimate of drug-likeness (QED) is 0.584. The van der Waals surface area contributed by atoms with Gasteiger partial charge in [-0.05, 0) is 64.3 Å². The second-order valence-corrected chi connectivity index (χ2v) is 6.88. The molecule has 26 heavy (non-hydrogen) atoms. The van der Waals surface area contributed by atoms with E-state index >= 15 is 0 Å². The van der Waals surface area contributed by atoms with Gasteiger partial charge in [-0.15, -0.1) is 0 Å². The molecule has 0 aliphatic carbocycles. The minimum Gasteiger partial charge on any atom is -0.470 e. The number of ether oxygens (including phenoxy) is 1. The molecule has 0 fully saturated rings. The summed E-state index contributed by atoms with van der Waals surface area (Å²) in [5, 5.41) is 7.69. The Bertz CT molecular complexity index is 909. The lowest BCUT2D eigenvalue weighted by atomic mass is 10.1. The van der Waals surface area contributed by atoms with Gasteiger partial charge in [0.15, 0.2) is 12.4 Å². The van der Waals surface area contributed by atoms with Gasteiger partial charge in [0.05, 0.1) is 4.47 Å². The summed E-state index contributed by atoms with van der Waals surface area (Å²) in [5.74, 6) is 0.382. The Hall–Kier alpha value is -2.31. The third-order valence-electron chi connectivity index (χ3n) is 3.74. The Kier molecular flexibility index (Phi) is 5.96. The van der Waals surface area contributed by atoms with E-state index < -0.39 is 0 Å². The lowest BCUT2D eigenvalue weighted by molar-refractivity contribution is 0.102. The summed E-state index contributed by atoms with van der Waals surface area (Å²) in [5.41, 5.74) is 2.28. The van der Waals surface area contributed by atoms with Gasteiger partial charge in [0.2, 0.25) is 0 Å². The number of amides is 1. The molecule has 1 N–H and O–H groups in total. The fraction of sp³-hybridized carbons (Fsp3) is 0.158. The largest absolute Gasteiger partial charge is 0.470 e. The number of hydrogen-bond donors (Lipinski definition) is 1. The summed E-state index contributed by atoms with van der Waals surface area (Å²) in [6, 6.07) is 14.7. The van der Waals surface area contributed by atoms with Crippen molar-refractivity contribution in [2.45, 2.75) is 20.1 Å². The molecule has 134 valence electrons. The molecule has 7 heteroatoms. The molecule has 0 saturated heterocycles. The zero-order valence-electron chi connectivity index (χ0n) is 14.1. The maximum absolute atomic E-state index is 12.3. The van der Waals surface area contributed by atoms with Crippen LogP contribution in [0.3, 0.4) is 0 Å². The Labute approximate surface area is 165 Å². The highest BCUT2D eigenvalue weighted by Crippen LogP contribution is 2.28. The molecular formula is C19H17BrClN3O2. The van der Waals surface area contributed by atoms with Crippen LogP contribution >= 0.6 is 27.5 Å². The second-order valence-electron chi connectivity index (χ2n) is 5.59. The van der Waals surface area contributed by atoms with E-state index in [9.17, 15) is 4.79 Å². The van der Waals surface area contributed by atoms with Gasteiger partial charge in [-0.2, -0.15) is 5.10 Å². The fourth-order valence-corrected chi connectivity index (χ4v) is 3.10. The van der Waals surface area contributed by atoms with Crippen LogP contribution in [0.2, 0.25) is 5.02 Å². The van der Waals surface area contributed by atoms with Gasteiger partial charge >= 0.3 is 0 Å². The Morgan fingerprint density at radius 3 is 2.69 bits per heavy atom. The third kappa shape index (κ3) is 4.65. The first-order valence-corrected chi connectivity index (χ1v) is 9.24. The highest BCUT2D eigenvalue weighted by atomic mass is 79.9. The summed E-state index contributed by atoms with van der Waals surface area (Å²) >= 11 is 9.30. The topological polar surface area (TPSA) is 56.2 Å². The number of rotatable bonds is 6. The summed E-state index contributed by atoms with van der Waals surface area (Å²) in [6.45, 7) is 2.27. The van der Waals surface area contributed by atoms with E-state index in [0.29, 0.717) is 16.5 Å². The number of nitrogens with one attached hydrogen (secondary N) is 1. The predicted molar refractivity (Wildman–Crippen MR) is 106 cm³/mol. The van der Waals surface area contributed by atoms with Gasteiger partial charge < -0.3 is 10.1 Å². The van der Waals surface area contributed by atoms with Crippen molar-refractivity contribution in [3.63, 3.8) is 0 Å². The first-order chi connectivity index (χ1) is 12.5. The molecule has 5 nitrogen and oxygen atoms in total. The molecule has 0 atom stereocenters. The van der Waals surface area contributed by atoms with Crippen molar-refractivity contribution in [2.24, 2.45) is 0 Å². The van der Waals surface area contributed by atoms with Crippen molar-refractivity contribution < 1.29 is 9.53 Å².